The Morgan fingerprint density at radius 3 is 1.67 bits per heavy atom. The van der Waals surface area contributed by atoms with Crippen molar-refractivity contribution in [2.45, 2.75) is 25.3 Å². The largest absolute Gasteiger partial charge is 0.135 e. The second kappa shape index (κ2) is 2.63. The topological polar surface area (TPSA) is 0 Å². The van der Waals surface area contributed by atoms with Crippen molar-refractivity contribution in [3.63, 3.8) is 0 Å². The van der Waals surface area contributed by atoms with Crippen LogP contribution in [0.4, 0.5) is 0 Å². The van der Waals surface area contributed by atoms with E-state index in [1.54, 1.807) is 0 Å². The van der Waals surface area contributed by atoms with Crippen molar-refractivity contribution in [2.75, 3.05) is 0 Å². The van der Waals surface area contributed by atoms with Gasteiger partial charge in [-0.1, -0.05) is 19.7 Å². The predicted octanol–water partition coefficient (Wildman–Crippen LogP) is 0.691. The molecular weight excluding hydrogens is 89.8 g/mol. The van der Waals surface area contributed by atoms with Gasteiger partial charge in [-0.3, -0.25) is 0 Å². The van der Waals surface area contributed by atoms with Crippen LogP contribution >= 0.6 is 9.24 Å². The molecule has 0 radical (unpaired) electrons. The summed E-state index contributed by atoms with van der Waals surface area (Å²) >= 11 is 0. The standard InChI is InChI=1S/C4H12BP/c1-3(5)4(2)6/h3-4H,5-6H2,1-2H3. The highest BCUT2D eigenvalue weighted by Crippen LogP contribution is 2.12. The van der Waals surface area contributed by atoms with Crippen LogP contribution in [0.15, 0.2) is 0 Å². The maximum atomic E-state index is 2.77. The van der Waals surface area contributed by atoms with Crippen LogP contribution in [0.3, 0.4) is 0 Å². The Balaban J connectivity index is 2.99. The van der Waals surface area contributed by atoms with Gasteiger partial charge in [-0.25, -0.2) is 0 Å². The van der Waals surface area contributed by atoms with Gasteiger partial charge >= 0.3 is 0 Å². The summed E-state index contributed by atoms with van der Waals surface area (Å²) in [5.74, 6) is 0.815. The lowest BCUT2D eigenvalue weighted by molar-refractivity contribution is 0.902. The fourth-order valence-electron chi connectivity index (χ4n) is 0. The molecule has 0 aromatic carbocycles. The molecule has 0 bridgehead atoms. The van der Waals surface area contributed by atoms with E-state index >= 15 is 0 Å². The Bertz CT molecular complexity index is 28.5. The minimum absolute atomic E-state index is 0.769. The zero-order chi connectivity index (χ0) is 5.15. The second-order valence-electron chi connectivity index (χ2n) is 2.10. The van der Waals surface area contributed by atoms with Crippen molar-refractivity contribution >= 4 is 17.1 Å². The third-order valence-corrected chi connectivity index (χ3v) is 1.82. The monoisotopic (exact) mass is 102 g/mol. The first-order chi connectivity index (χ1) is 2.64. The molecular formula is C4H12BP. The maximum absolute atomic E-state index is 2.77. The lowest BCUT2D eigenvalue weighted by Gasteiger charge is -2.05. The molecule has 0 aliphatic rings. The fourth-order valence-corrected chi connectivity index (χ4v) is 0. The molecule has 3 unspecified atom stereocenters. The summed E-state index contributed by atoms with van der Waals surface area (Å²) in [5, 5.41) is 0. The molecule has 0 nitrogen and oxygen atoms in total. The molecule has 36 valence electrons. The number of hydrogen-bond acceptors (Lipinski definition) is 0. The maximum Gasteiger partial charge on any atom is 0.105 e. The number of rotatable bonds is 1. The van der Waals surface area contributed by atoms with Crippen LogP contribution in [0.5, 0.6) is 0 Å². The SMILES string of the molecule is BC(C)C(C)P. The molecule has 0 heterocycles. The number of hydrogen-bond donors (Lipinski definition) is 0. The van der Waals surface area contributed by atoms with E-state index in [0.717, 1.165) is 11.5 Å². The van der Waals surface area contributed by atoms with Crippen LogP contribution in [0.1, 0.15) is 13.8 Å². The molecule has 0 saturated heterocycles. The molecule has 0 aliphatic heterocycles. The van der Waals surface area contributed by atoms with Gasteiger partial charge in [0.1, 0.15) is 7.85 Å². The van der Waals surface area contributed by atoms with Gasteiger partial charge in [-0.2, -0.15) is 0 Å². The Morgan fingerprint density at radius 1 is 1.50 bits per heavy atom. The van der Waals surface area contributed by atoms with Crippen LogP contribution in [-0.2, 0) is 0 Å². The van der Waals surface area contributed by atoms with E-state index < -0.39 is 0 Å². The van der Waals surface area contributed by atoms with Gasteiger partial charge in [-0.15, -0.1) is 9.24 Å². The highest BCUT2D eigenvalue weighted by atomic mass is 31.0. The van der Waals surface area contributed by atoms with Crippen LogP contribution in [-0.4, -0.2) is 13.5 Å². The summed E-state index contributed by atoms with van der Waals surface area (Å²) < 4.78 is 0. The minimum Gasteiger partial charge on any atom is -0.135 e. The van der Waals surface area contributed by atoms with Crippen molar-refractivity contribution < 1.29 is 0 Å². The van der Waals surface area contributed by atoms with Crippen molar-refractivity contribution in [3.05, 3.63) is 0 Å². The van der Waals surface area contributed by atoms with Gasteiger partial charge in [0.25, 0.3) is 0 Å². The summed E-state index contributed by atoms with van der Waals surface area (Å²) in [6, 6.07) is 0. The van der Waals surface area contributed by atoms with Crippen LogP contribution < -0.4 is 0 Å². The fraction of sp³-hybridized carbons (Fsp3) is 1.00. The Hall–Kier alpha value is 0.495. The van der Waals surface area contributed by atoms with Crippen LogP contribution in [0, 0.1) is 0 Å². The summed E-state index contributed by atoms with van der Waals surface area (Å²) in [5.41, 5.74) is 0.769. The van der Waals surface area contributed by atoms with Crippen molar-refractivity contribution in [2.24, 2.45) is 0 Å². The first kappa shape index (κ1) is 6.49. The van der Waals surface area contributed by atoms with Crippen LogP contribution in [0.2, 0.25) is 5.82 Å². The molecule has 3 atom stereocenters. The molecule has 0 amide bonds. The highest BCUT2D eigenvalue weighted by Gasteiger charge is 1.96. The van der Waals surface area contributed by atoms with E-state index in [0.29, 0.717) is 0 Å². The molecule has 0 aromatic rings. The highest BCUT2D eigenvalue weighted by molar-refractivity contribution is 7.17. The third-order valence-electron chi connectivity index (χ3n) is 1.05. The van der Waals surface area contributed by atoms with Gasteiger partial charge in [0.2, 0.25) is 0 Å². The van der Waals surface area contributed by atoms with Gasteiger partial charge in [0.15, 0.2) is 0 Å². The van der Waals surface area contributed by atoms with E-state index in [9.17, 15) is 0 Å². The van der Waals surface area contributed by atoms with Crippen molar-refractivity contribution in [1.82, 2.24) is 0 Å². The minimum atomic E-state index is 0.769. The smallest absolute Gasteiger partial charge is 0.105 e. The predicted molar refractivity (Wildman–Crippen MR) is 37.1 cm³/mol. The second-order valence-corrected chi connectivity index (χ2v) is 3.15. The lowest BCUT2D eigenvalue weighted by atomic mass is 9.87. The summed E-state index contributed by atoms with van der Waals surface area (Å²) in [4.78, 5) is 0. The summed E-state index contributed by atoms with van der Waals surface area (Å²) in [6.07, 6.45) is 0. The van der Waals surface area contributed by atoms with Crippen molar-refractivity contribution in [1.29, 1.82) is 0 Å². The molecule has 2 heteroatoms. The Labute approximate surface area is 43.3 Å². The average molecular weight is 102 g/mol. The third kappa shape index (κ3) is 2.72. The zero-order valence-electron chi connectivity index (χ0n) is 4.73. The van der Waals surface area contributed by atoms with E-state index in [1.807, 2.05) is 0 Å². The van der Waals surface area contributed by atoms with Gasteiger partial charge < -0.3 is 0 Å². The zero-order valence-corrected chi connectivity index (χ0v) is 5.89. The lowest BCUT2D eigenvalue weighted by Crippen LogP contribution is -1.96. The average Bonchev–Trinajstić information content (AvgIpc) is 1.36. The van der Waals surface area contributed by atoms with E-state index in [4.69, 9.17) is 0 Å². The van der Waals surface area contributed by atoms with Gasteiger partial charge in [-0.05, 0) is 5.66 Å². The molecule has 0 fully saturated rings. The summed E-state index contributed by atoms with van der Waals surface area (Å²) in [7, 11) is 4.99. The van der Waals surface area contributed by atoms with Gasteiger partial charge in [0.05, 0.1) is 0 Å². The molecule has 0 saturated carbocycles. The van der Waals surface area contributed by atoms with E-state index in [2.05, 4.69) is 30.9 Å². The molecule has 0 aromatic heterocycles. The molecule has 0 N–H and O–H groups in total. The van der Waals surface area contributed by atoms with Crippen molar-refractivity contribution in [3.8, 4) is 0 Å². The first-order valence-corrected chi connectivity index (χ1v) is 3.07. The van der Waals surface area contributed by atoms with Gasteiger partial charge in [0, 0.05) is 0 Å². The molecule has 0 aliphatic carbocycles. The van der Waals surface area contributed by atoms with E-state index in [-0.39, 0.29) is 0 Å². The Morgan fingerprint density at radius 2 is 1.67 bits per heavy atom. The van der Waals surface area contributed by atoms with Crippen LogP contribution in [0.25, 0.3) is 0 Å². The molecule has 0 rings (SSSR count). The quantitative estimate of drug-likeness (QED) is 0.337. The van der Waals surface area contributed by atoms with E-state index in [1.165, 1.54) is 0 Å². The molecule has 0 spiro atoms. The Kier molecular flexibility index (Phi) is 2.85. The first-order valence-electron chi connectivity index (χ1n) is 2.40. The normalized spacial score (nSPS) is 19.8. The molecule has 6 heavy (non-hydrogen) atoms. The summed E-state index contributed by atoms with van der Waals surface area (Å²) in [6.45, 7) is 4.42.